The maximum Gasteiger partial charge on any atom is 0.256 e. The minimum absolute atomic E-state index is 0.169. The molecule has 0 aliphatic carbocycles. The lowest BCUT2D eigenvalue weighted by Crippen LogP contribution is -2.15. The van der Waals surface area contributed by atoms with Crippen LogP contribution in [0.2, 0.25) is 0 Å². The summed E-state index contributed by atoms with van der Waals surface area (Å²) in [5.74, 6) is 2.37. The molecule has 0 spiro atoms. The molecule has 0 atom stereocenters. The monoisotopic (exact) mass is 271 g/mol. The molecule has 1 heterocycles. The lowest BCUT2D eigenvalue weighted by molar-refractivity contribution is 0.102. The van der Waals surface area contributed by atoms with E-state index in [1.54, 1.807) is 0 Å². The first-order chi connectivity index (χ1) is 8.61. The Morgan fingerprint density at radius 3 is 2.50 bits per heavy atom. The van der Waals surface area contributed by atoms with Gasteiger partial charge in [0.1, 0.15) is 10.7 Å². The molecule has 0 aliphatic rings. The van der Waals surface area contributed by atoms with Gasteiger partial charge in [-0.1, -0.05) is 4.49 Å². The smallest absolute Gasteiger partial charge is 0.256 e. The number of nitrogen functional groups attached to an aromatic ring is 1. The highest BCUT2D eigenvalue weighted by Gasteiger charge is 2.15. The first-order valence-electron chi connectivity index (χ1n) is 4.66. The minimum atomic E-state index is -0.954. The molecular weight excluding hydrogens is 264 g/mol. The van der Waals surface area contributed by atoms with Gasteiger partial charge in [0.25, 0.3) is 5.91 Å². The third kappa shape index (κ3) is 2.41. The van der Waals surface area contributed by atoms with Crippen LogP contribution in [-0.4, -0.2) is 15.5 Å². The number of nitrogens with one attached hydrogen (secondary N) is 2. The number of nitrogens with zero attached hydrogens (tertiary/aromatic N) is 2. The van der Waals surface area contributed by atoms with Crippen molar-refractivity contribution < 1.29 is 13.6 Å². The van der Waals surface area contributed by atoms with Crippen molar-refractivity contribution in [1.29, 1.82) is 0 Å². The first kappa shape index (κ1) is 12.3. The molecule has 0 saturated heterocycles. The molecule has 1 aromatic carbocycles. The second kappa shape index (κ2) is 5.02. The summed E-state index contributed by atoms with van der Waals surface area (Å²) in [5.41, 5.74) is 1.21. The predicted octanol–water partition coefficient (Wildman–Crippen LogP) is 1.35. The lowest BCUT2D eigenvalue weighted by atomic mass is 10.1. The lowest BCUT2D eigenvalue weighted by Gasteiger charge is -2.06. The van der Waals surface area contributed by atoms with Crippen molar-refractivity contribution in [3.63, 3.8) is 0 Å². The Morgan fingerprint density at radius 2 is 2.00 bits per heavy atom. The number of benzene rings is 1. The van der Waals surface area contributed by atoms with E-state index < -0.39 is 23.2 Å². The van der Waals surface area contributed by atoms with Gasteiger partial charge in [0.05, 0.1) is 6.20 Å². The molecule has 0 aliphatic heterocycles. The van der Waals surface area contributed by atoms with Crippen LogP contribution in [0.25, 0.3) is 0 Å². The highest BCUT2D eigenvalue weighted by atomic mass is 32.1. The molecule has 0 saturated carbocycles. The Labute approximate surface area is 104 Å². The molecule has 0 radical (unpaired) electrons. The molecular formula is C9H7F2N5OS. The van der Waals surface area contributed by atoms with Crippen LogP contribution in [0.4, 0.5) is 19.5 Å². The third-order valence-electron chi connectivity index (χ3n) is 2.05. The zero-order valence-electron chi connectivity index (χ0n) is 8.78. The Kier molecular flexibility index (Phi) is 3.44. The zero-order valence-corrected chi connectivity index (χ0v) is 9.59. The van der Waals surface area contributed by atoms with Crippen molar-refractivity contribution in [2.45, 2.75) is 0 Å². The Balaban J connectivity index is 2.26. The van der Waals surface area contributed by atoms with Crippen LogP contribution in [0.5, 0.6) is 0 Å². The molecule has 18 heavy (non-hydrogen) atoms. The average Bonchev–Trinajstić information content (AvgIpc) is 2.81. The van der Waals surface area contributed by atoms with Gasteiger partial charge in [0, 0.05) is 17.1 Å². The summed E-state index contributed by atoms with van der Waals surface area (Å²) in [6, 6.07) is 1.75. The SMILES string of the molecule is NNc1c(F)cc(C(=O)Nc2cnns2)cc1F. The van der Waals surface area contributed by atoms with E-state index in [9.17, 15) is 13.6 Å². The molecule has 2 aromatic rings. The van der Waals surface area contributed by atoms with Crippen LogP contribution in [0.3, 0.4) is 0 Å². The van der Waals surface area contributed by atoms with Crippen LogP contribution in [-0.2, 0) is 0 Å². The van der Waals surface area contributed by atoms with Crippen molar-refractivity contribution >= 4 is 28.1 Å². The number of aromatic nitrogens is 2. The number of amides is 1. The van der Waals surface area contributed by atoms with E-state index >= 15 is 0 Å². The summed E-state index contributed by atoms with van der Waals surface area (Å²) >= 11 is 0.949. The number of nitrogens with two attached hydrogens (primary N) is 1. The predicted molar refractivity (Wildman–Crippen MR) is 62.0 cm³/mol. The van der Waals surface area contributed by atoms with Gasteiger partial charge in [-0.25, -0.2) is 8.78 Å². The number of anilines is 2. The second-order valence-electron chi connectivity index (χ2n) is 3.20. The molecule has 94 valence electrons. The number of hydrogen-bond donors (Lipinski definition) is 3. The molecule has 0 unspecified atom stereocenters. The number of carbonyl (C=O) groups is 1. The van der Waals surface area contributed by atoms with Gasteiger partial charge in [-0.05, 0) is 12.1 Å². The van der Waals surface area contributed by atoms with E-state index in [2.05, 4.69) is 14.9 Å². The fourth-order valence-corrected chi connectivity index (χ4v) is 1.66. The van der Waals surface area contributed by atoms with E-state index in [0.29, 0.717) is 5.00 Å². The summed E-state index contributed by atoms with van der Waals surface area (Å²) in [4.78, 5) is 11.7. The van der Waals surface area contributed by atoms with Crippen molar-refractivity contribution in [2.75, 3.05) is 10.7 Å². The van der Waals surface area contributed by atoms with Gasteiger partial charge in [0.15, 0.2) is 11.6 Å². The van der Waals surface area contributed by atoms with E-state index in [1.165, 1.54) is 6.20 Å². The van der Waals surface area contributed by atoms with Gasteiger partial charge in [-0.3, -0.25) is 10.6 Å². The molecule has 2 rings (SSSR count). The molecule has 6 nitrogen and oxygen atoms in total. The molecule has 0 fully saturated rings. The van der Waals surface area contributed by atoms with Crippen LogP contribution >= 0.6 is 11.5 Å². The Morgan fingerprint density at radius 1 is 1.33 bits per heavy atom. The van der Waals surface area contributed by atoms with Gasteiger partial charge in [-0.15, -0.1) is 5.10 Å². The van der Waals surface area contributed by atoms with E-state index in [-0.39, 0.29) is 5.56 Å². The topological polar surface area (TPSA) is 92.9 Å². The van der Waals surface area contributed by atoms with Gasteiger partial charge >= 0.3 is 0 Å². The fourth-order valence-electron chi connectivity index (χ4n) is 1.25. The number of rotatable bonds is 3. The average molecular weight is 271 g/mol. The zero-order chi connectivity index (χ0) is 13.1. The van der Waals surface area contributed by atoms with Crippen LogP contribution < -0.4 is 16.6 Å². The standard InChI is InChI=1S/C9H7F2N5OS/c10-5-1-4(2-6(11)8(5)15-12)9(17)14-7-3-13-16-18-7/h1-3,15H,12H2,(H,14,17). The summed E-state index contributed by atoms with van der Waals surface area (Å²) in [6.45, 7) is 0. The normalized spacial score (nSPS) is 10.2. The molecule has 1 amide bonds. The summed E-state index contributed by atoms with van der Waals surface area (Å²) in [5, 5.41) is 6.29. The van der Waals surface area contributed by atoms with Crippen molar-refractivity contribution in [3.8, 4) is 0 Å². The van der Waals surface area contributed by atoms with Crippen molar-refractivity contribution in [2.24, 2.45) is 5.84 Å². The molecule has 1 aromatic heterocycles. The van der Waals surface area contributed by atoms with Crippen LogP contribution in [0.1, 0.15) is 10.4 Å². The fraction of sp³-hybridized carbons (Fsp3) is 0. The Hall–Kier alpha value is -2.13. The number of halogens is 2. The minimum Gasteiger partial charge on any atom is -0.319 e. The van der Waals surface area contributed by atoms with Crippen LogP contribution in [0.15, 0.2) is 18.3 Å². The van der Waals surface area contributed by atoms with Gasteiger partial charge < -0.3 is 10.7 Å². The molecule has 0 bridgehead atoms. The number of hydrazine groups is 1. The van der Waals surface area contributed by atoms with Gasteiger partial charge in [-0.2, -0.15) is 0 Å². The third-order valence-corrected chi connectivity index (χ3v) is 2.63. The molecule has 4 N–H and O–H groups in total. The first-order valence-corrected chi connectivity index (χ1v) is 5.43. The van der Waals surface area contributed by atoms with Crippen molar-refractivity contribution in [3.05, 3.63) is 35.5 Å². The maximum atomic E-state index is 13.4. The second-order valence-corrected chi connectivity index (χ2v) is 3.98. The maximum absolute atomic E-state index is 13.4. The number of hydrogen-bond acceptors (Lipinski definition) is 6. The van der Waals surface area contributed by atoms with Crippen LogP contribution in [0, 0.1) is 11.6 Å². The summed E-state index contributed by atoms with van der Waals surface area (Å²) in [7, 11) is 0. The Bertz CT molecular complexity index is 551. The van der Waals surface area contributed by atoms with Crippen molar-refractivity contribution in [1.82, 2.24) is 9.59 Å². The van der Waals surface area contributed by atoms with E-state index in [4.69, 9.17) is 5.84 Å². The molecule has 9 heteroatoms. The van der Waals surface area contributed by atoms with E-state index in [0.717, 1.165) is 23.7 Å². The highest BCUT2D eigenvalue weighted by molar-refractivity contribution is 7.10. The van der Waals surface area contributed by atoms with E-state index in [1.807, 2.05) is 5.43 Å². The highest BCUT2D eigenvalue weighted by Crippen LogP contribution is 2.20. The van der Waals surface area contributed by atoms with Gasteiger partial charge in [0.2, 0.25) is 0 Å². The largest absolute Gasteiger partial charge is 0.319 e. The summed E-state index contributed by atoms with van der Waals surface area (Å²) < 4.78 is 30.3. The number of carbonyl (C=O) groups excluding carboxylic acids is 1. The summed E-state index contributed by atoms with van der Waals surface area (Å²) in [6.07, 6.45) is 1.32. The quantitative estimate of drug-likeness (QED) is 0.579.